The van der Waals surface area contributed by atoms with Crippen molar-refractivity contribution in [3.05, 3.63) is 77.1 Å². The van der Waals surface area contributed by atoms with Crippen molar-refractivity contribution in [2.45, 2.75) is 17.4 Å². The first kappa shape index (κ1) is 17.8. The molecule has 0 aliphatic carbocycles. The fraction of sp³-hybridized carbons (Fsp3) is 0.150. The Bertz CT molecular complexity index is 1010. The maximum atomic E-state index is 5.73. The van der Waals surface area contributed by atoms with Gasteiger partial charge in [0.1, 0.15) is 10.8 Å². The minimum Gasteiger partial charge on any atom is -0.497 e. The molecule has 0 saturated carbocycles. The molecule has 0 bridgehead atoms. The lowest BCUT2D eigenvalue weighted by Gasteiger charge is -2.01. The third kappa shape index (κ3) is 4.56. The van der Waals surface area contributed by atoms with E-state index in [0.29, 0.717) is 23.3 Å². The molecule has 136 valence electrons. The van der Waals surface area contributed by atoms with Crippen LogP contribution < -0.4 is 4.74 Å². The highest BCUT2D eigenvalue weighted by Gasteiger charge is 2.10. The number of thioether (sulfide) groups is 1. The standard InChI is InChI=1S/C20H17N3O2S2/c1-24-17-9-5-8-15(11-17)19-21-16(12-26-19)13-27-20-23-22-18(25-20)10-14-6-3-2-4-7-14/h2-9,11-12H,10,13H2,1H3. The van der Waals surface area contributed by atoms with Gasteiger partial charge >= 0.3 is 0 Å². The van der Waals surface area contributed by atoms with E-state index in [0.717, 1.165) is 27.6 Å². The second-order valence-corrected chi connectivity index (χ2v) is 7.57. The van der Waals surface area contributed by atoms with Crippen LogP contribution in [0.1, 0.15) is 17.1 Å². The Morgan fingerprint density at radius 1 is 1.07 bits per heavy atom. The molecule has 0 spiro atoms. The Kier molecular flexibility index (Phi) is 5.50. The van der Waals surface area contributed by atoms with Crippen LogP contribution >= 0.6 is 23.1 Å². The van der Waals surface area contributed by atoms with E-state index in [4.69, 9.17) is 14.1 Å². The van der Waals surface area contributed by atoms with Gasteiger partial charge in [0.2, 0.25) is 5.89 Å². The van der Waals surface area contributed by atoms with E-state index < -0.39 is 0 Å². The Hall–Kier alpha value is -2.64. The number of nitrogens with zero attached hydrogens (tertiary/aromatic N) is 3. The number of hydrogen-bond donors (Lipinski definition) is 0. The Balaban J connectivity index is 1.37. The summed E-state index contributed by atoms with van der Waals surface area (Å²) in [5, 5.41) is 11.8. The summed E-state index contributed by atoms with van der Waals surface area (Å²) in [6.07, 6.45) is 0.644. The van der Waals surface area contributed by atoms with Crippen molar-refractivity contribution >= 4 is 23.1 Å². The summed E-state index contributed by atoms with van der Waals surface area (Å²) in [5.74, 6) is 2.14. The van der Waals surface area contributed by atoms with Crippen molar-refractivity contribution < 1.29 is 9.15 Å². The van der Waals surface area contributed by atoms with Crippen molar-refractivity contribution in [3.8, 4) is 16.3 Å². The predicted octanol–water partition coefficient (Wildman–Crippen LogP) is 5.08. The van der Waals surface area contributed by atoms with Crippen LogP contribution in [0.3, 0.4) is 0 Å². The lowest BCUT2D eigenvalue weighted by Crippen LogP contribution is -1.87. The van der Waals surface area contributed by atoms with Gasteiger partial charge in [0.15, 0.2) is 0 Å². The molecule has 0 atom stereocenters. The van der Waals surface area contributed by atoms with Gasteiger partial charge in [-0.25, -0.2) is 4.98 Å². The first-order valence-electron chi connectivity index (χ1n) is 8.38. The number of ether oxygens (including phenoxy) is 1. The van der Waals surface area contributed by atoms with E-state index in [1.54, 1.807) is 18.4 Å². The van der Waals surface area contributed by atoms with E-state index in [9.17, 15) is 0 Å². The largest absolute Gasteiger partial charge is 0.497 e. The Morgan fingerprint density at radius 2 is 1.96 bits per heavy atom. The van der Waals surface area contributed by atoms with Gasteiger partial charge in [0, 0.05) is 16.7 Å². The molecule has 0 aliphatic heterocycles. The van der Waals surface area contributed by atoms with Crippen molar-refractivity contribution in [2.24, 2.45) is 0 Å². The first-order chi connectivity index (χ1) is 13.3. The molecular weight excluding hydrogens is 378 g/mol. The number of hydrogen-bond acceptors (Lipinski definition) is 7. The van der Waals surface area contributed by atoms with Crippen molar-refractivity contribution in [1.82, 2.24) is 15.2 Å². The molecule has 2 aromatic heterocycles. The molecule has 4 aromatic rings. The van der Waals surface area contributed by atoms with Gasteiger partial charge in [0.05, 0.1) is 19.2 Å². The zero-order valence-electron chi connectivity index (χ0n) is 14.7. The summed E-state index contributed by atoms with van der Waals surface area (Å²) in [7, 11) is 1.67. The third-order valence-electron chi connectivity index (χ3n) is 3.86. The van der Waals surface area contributed by atoms with Gasteiger partial charge < -0.3 is 9.15 Å². The van der Waals surface area contributed by atoms with Gasteiger partial charge in [-0.1, -0.05) is 54.2 Å². The molecule has 4 rings (SSSR count). The van der Waals surface area contributed by atoms with Crippen LogP contribution in [0.2, 0.25) is 0 Å². The van der Waals surface area contributed by atoms with Crippen LogP contribution in [0.5, 0.6) is 5.75 Å². The fourth-order valence-corrected chi connectivity index (χ4v) is 4.13. The van der Waals surface area contributed by atoms with Gasteiger partial charge in [-0.05, 0) is 17.7 Å². The summed E-state index contributed by atoms with van der Waals surface area (Å²) in [6, 6.07) is 18.0. The predicted molar refractivity (Wildman–Crippen MR) is 107 cm³/mol. The van der Waals surface area contributed by atoms with E-state index in [1.807, 2.05) is 54.6 Å². The summed E-state index contributed by atoms with van der Waals surface area (Å²) in [5.41, 5.74) is 3.20. The Morgan fingerprint density at radius 3 is 2.81 bits per heavy atom. The van der Waals surface area contributed by atoms with Gasteiger partial charge in [-0.15, -0.1) is 21.5 Å². The molecular formula is C20H17N3O2S2. The third-order valence-corrected chi connectivity index (χ3v) is 5.65. The van der Waals surface area contributed by atoms with E-state index >= 15 is 0 Å². The van der Waals surface area contributed by atoms with Crippen LogP contribution in [0.25, 0.3) is 10.6 Å². The van der Waals surface area contributed by atoms with Crippen LogP contribution in [0.15, 0.2) is 69.6 Å². The molecule has 0 saturated heterocycles. The molecule has 0 amide bonds. The molecule has 2 heterocycles. The molecule has 5 nitrogen and oxygen atoms in total. The summed E-state index contributed by atoms with van der Waals surface area (Å²) in [6.45, 7) is 0. The van der Waals surface area contributed by atoms with Gasteiger partial charge in [-0.3, -0.25) is 0 Å². The summed E-state index contributed by atoms with van der Waals surface area (Å²) >= 11 is 3.12. The minimum atomic E-state index is 0.567. The molecule has 2 aromatic carbocycles. The second kappa shape index (κ2) is 8.37. The summed E-state index contributed by atoms with van der Waals surface area (Å²) < 4.78 is 11.0. The second-order valence-electron chi connectivity index (χ2n) is 5.79. The first-order valence-corrected chi connectivity index (χ1v) is 10.2. The van der Waals surface area contributed by atoms with Crippen LogP contribution in [0, 0.1) is 0 Å². The highest BCUT2D eigenvalue weighted by molar-refractivity contribution is 7.98. The maximum Gasteiger partial charge on any atom is 0.276 e. The van der Waals surface area contributed by atoms with Crippen molar-refractivity contribution in [1.29, 1.82) is 0 Å². The molecule has 0 N–H and O–H groups in total. The van der Waals surface area contributed by atoms with Crippen LogP contribution in [-0.2, 0) is 12.2 Å². The quantitative estimate of drug-likeness (QED) is 0.407. The number of rotatable bonds is 7. The molecule has 0 unspecified atom stereocenters. The van der Waals surface area contributed by atoms with E-state index in [2.05, 4.69) is 15.6 Å². The topological polar surface area (TPSA) is 61.0 Å². The van der Waals surface area contributed by atoms with Gasteiger partial charge in [-0.2, -0.15) is 0 Å². The molecule has 0 aliphatic rings. The van der Waals surface area contributed by atoms with E-state index in [-0.39, 0.29) is 0 Å². The zero-order chi connectivity index (χ0) is 18.5. The molecule has 0 fully saturated rings. The lowest BCUT2D eigenvalue weighted by atomic mass is 10.2. The number of aromatic nitrogens is 3. The zero-order valence-corrected chi connectivity index (χ0v) is 16.3. The molecule has 27 heavy (non-hydrogen) atoms. The van der Waals surface area contributed by atoms with Gasteiger partial charge in [0.25, 0.3) is 5.22 Å². The maximum absolute atomic E-state index is 5.73. The van der Waals surface area contributed by atoms with Crippen molar-refractivity contribution in [2.75, 3.05) is 7.11 Å². The van der Waals surface area contributed by atoms with Crippen molar-refractivity contribution in [3.63, 3.8) is 0 Å². The smallest absolute Gasteiger partial charge is 0.276 e. The highest BCUT2D eigenvalue weighted by Crippen LogP contribution is 2.29. The fourth-order valence-electron chi connectivity index (χ4n) is 2.54. The highest BCUT2D eigenvalue weighted by atomic mass is 32.2. The molecule has 0 radical (unpaired) electrons. The number of methoxy groups -OCH3 is 1. The summed E-state index contributed by atoms with van der Waals surface area (Å²) in [4.78, 5) is 4.70. The lowest BCUT2D eigenvalue weighted by molar-refractivity contribution is 0.415. The number of thiazole rings is 1. The molecule has 7 heteroatoms. The SMILES string of the molecule is COc1cccc(-c2nc(CSc3nnc(Cc4ccccc4)o3)cs2)c1. The average Bonchev–Trinajstić information content (AvgIpc) is 3.37. The average molecular weight is 396 g/mol. The number of benzene rings is 2. The normalized spacial score (nSPS) is 10.9. The Labute approximate surface area is 165 Å². The monoisotopic (exact) mass is 395 g/mol. The minimum absolute atomic E-state index is 0.567. The van der Waals surface area contributed by atoms with Crippen LogP contribution in [0.4, 0.5) is 0 Å². The van der Waals surface area contributed by atoms with Crippen LogP contribution in [-0.4, -0.2) is 22.3 Å². The van der Waals surface area contributed by atoms with E-state index in [1.165, 1.54) is 11.8 Å².